The van der Waals surface area contributed by atoms with Crippen LogP contribution >= 0.6 is 22.6 Å². The van der Waals surface area contributed by atoms with Gasteiger partial charge in [-0.15, -0.1) is 6.58 Å². The van der Waals surface area contributed by atoms with Crippen LogP contribution in [-0.2, 0) is 22.6 Å². The largest absolute Gasteiger partial charge is 0.490 e. The number of anilines is 1. The second kappa shape index (κ2) is 12.3. The number of rotatable bonds is 9. The van der Waals surface area contributed by atoms with E-state index in [-0.39, 0.29) is 5.57 Å². The highest BCUT2D eigenvalue weighted by Gasteiger charge is 2.37. The highest BCUT2D eigenvalue weighted by atomic mass is 127. The number of halogens is 1. The summed E-state index contributed by atoms with van der Waals surface area (Å²) in [7, 11) is 0. The van der Waals surface area contributed by atoms with Gasteiger partial charge in [0.15, 0.2) is 11.5 Å². The van der Waals surface area contributed by atoms with Crippen LogP contribution < -0.4 is 19.7 Å². The Morgan fingerprint density at radius 3 is 2.31 bits per heavy atom. The van der Waals surface area contributed by atoms with E-state index in [9.17, 15) is 14.4 Å². The van der Waals surface area contributed by atoms with E-state index in [2.05, 4.69) is 34.5 Å². The zero-order valence-electron chi connectivity index (χ0n) is 22.0. The van der Waals surface area contributed by atoms with Crippen molar-refractivity contribution in [2.45, 2.75) is 33.8 Å². The zero-order valence-corrected chi connectivity index (χ0v) is 24.2. The van der Waals surface area contributed by atoms with Gasteiger partial charge in [-0.05, 0) is 115 Å². The van der Waals surface area contributed by atoms with Crippen molar-refractivity contribution in [2.24, 2.45) is 0 Å². The normalized spacial score (nSPS) is 14.4. The van der Waals surface area contributed by atoms with Crippen LogP contribution in [0.15, 0.2) is 72.8 Å². The Bertz CT molecular complexity index is 1460. The molecule has 1 aliphatic heterocycles. The van der Waals surface area contributed by atoms with Crippen molar-refractivity contribution in [3.8, 4) is 11.5 Å². The number of aryl methyl sites for hydroxylation is 2. The van der Waals surface area contributed by atoms with E-state index in [1.54, 1.807) is 24.3 Å². The first-order valence-electron chi connectivity index (χ1n) is 12.5. The lowest BCUT2D eigenvalue weighted by molar-refractivity contribution is -0.122. The number of ether oxygens (including phenoxy) is 2. The fourth-order valence-corrected chi connectivity index (χ4v) is 4.73. The molecular weight excluding hydrogens is 607 g/mol. The molecule has 0 aliphatic carbocycles. The monoisotopic (exact) mass is 636 g/mol. The van der Waals surface area contributed by atoms with E-state index >= 15 is 0 Å². The molecule has 1 heterocycles. The smallest absolute Gasteiger partial charge is 0.335 e. The first-order chi connectivity index (χ1) is 18.7. The van der Waals surface area contributed by atoms with Crippen LogP contribution in [0.25, 0.3) is 6.08 Å². The van der Waals surface area contributed by atoms with Crippen molar-refractivity contribution in [1.29, 1.82) is 0 Å². The quantitative estimate of drug-likeness (QED) is 0.129. The summed E-state index contributed by atoms with van der Waals surface area (Å²) in [6.45, 7) is 10.2. The molecule has 1 N–H and O–H groups in total. The molecule has 3 aromatic rings. The lowest BCUT2D eigenvalue weighted by Crippen LogP contribution is -2.54. The molecule has 0 aromatic heterocycles. The Balaban J connectivity index is 1.72. The summed E-state index contributed by atoms with van der Waals surface area (Å²) in [4.78, 5) is 39.9. The summed E-state index contributed by atoms with van der Waals surface area (Å²) in [6.07, 6.45) is 3.70. The molecule has 0 bridgehead atoms. The first kappa shape index (κ1) is 28.1. The first-order valence-corrected chi connectivity index (χ1v) is 13.6. The van der Waals surface area contributed by atoms with Gasteiger partial charge in [-0.3, -0.25) is 14.9 Å². The number of nitrogens with one attached hydrogen (secondary N) is 1. The summed E-state index contributed by atoms with van der Waals surface area (Å²) < 4.78 is 13.2. The highest BCUT2D eigenvalue weighted by Crippen LogP contribution is 2.36. The van der Waals surface area contributed by atoms with E-state index in [1.807, 2.05) is 57.2 Å². The van der Waals surface area contributed by atoms with Crippen LogP contribution in [0.1, 0.15) is 34.7 Å². The van der Waals surface area contributed by atoms with Gasteiger partial charge in [0.2, 0.25) is 0 Å². The topological polar surface area (TPSA) is 84.9 Å². The van der Waals surface area contributed by atoms with Crippen LogP contribution in [0.5, 0.6) is 11.5 Å². The summed E-state index contributed by atoms with van der Waals surface area (Å²) in [6, 6.07) is 16.2. The SMILES string of the molecule is C=CCc1cc(/C=C2\C(=O)NC(=O)N(c3cc(C)cc(C)c3)C2=O)cc(OCC)c1OCc1ccc(I)cc1. The molecule has 3 aromatic carbocycles. The van der Waals surface area contributed by atoms with Crippen molar-refractivity contribution < 1.29 is 23.9 Å². The summed E-state index contributed by atoms with van der Waals surface area (Å²) in [5.41, 5.74) is 4.38. The number of benzene rings is 3. The molecule has 0 radical (unpaired) electrons. The number of amides is 4. The summed E-state index contributed by atoms with van der Waals surface area (Å²) >= 11 is 2.25. The number of allylic oxidation sites excluding steroid dienone is 1. The minimum atomic E-state index is -0.783. The Kier molecular flexibility index (Phi) is 8.86. The van der Waals surface area contributed by atoms with E-state index in [0.29, 0.717) is 42.4 Å². The molecule has 200 valence electrons. The molecule has 7 nitrogen and oxygen atoms in total. The van der Waals surface area contributed by atoms with Crippen LogP contribution in [0, 0.1) is 17.4 Å². The Hall–Kier alpha value is -3.92. The molecule has 0 spiro atoms. The number of urea groups is 1. The zero-order chi connectivity index (χ0) is 28.1. The molecule has 1 saturated heterocycles. The molecule has 0 atom stereocenters. The second-order valence-electron chi connectivity index (χ2n) is 9.15. The Morgan fingerprint density at radius 2 is 1.67 bits per heavy atom. The van der Waals surface area contributed by atoms with Gasteiger partial charge in [0.1, 0.15) is 12.2 Å². The van der Waals surface area contributed by atoms with Crippen LogP contribution in [0.4, 0.5) is 10.5 Å². The van der Waals surface area contributed by atoms with Crippen LogP contribution in [0.3, 0.4) is 0 Å². The van der Waals surface area contributed by atoms with Crippen molar-refractivity contribution in [2.75, 3.05) is 11.5 Å². The van der Waals surface area contributed by atoms with Gasteiger partial charge in [-0.1, -0.05) is 24.3 Å². The average molecular weight is 636 g/mol. The highest BCUT2D eigenvalue weighted by molar-refractivity contribution is 14.1. The van der Waals surface area contributed by atoms with Crippen molar-refractivity contribution >= 4 is 52.2 Å². The fourth-order valence-electron chi connectivity index (χ4n) is 4.38. The molecule has 4 rings (SSSR count). The molecule has 8 heteroatoms. The third kappa shape index (κ3) is 6.57. The summed E-state index contributed by atoms with van der Waals surface area (Å²) in [5, 5.41) is 2.29. The average Bonchev–Trinajstić information content (AvgIpc) is 2.87. The van der Waals surface area contributed by atoms with E-state index in [1.165, 1.54) is 6.08 Å². The fraction of sp³-hybridized carbons (Fsp3) is 0.194. The van der Waals surface area contributed by atoms with Gasteiger partial charge in [-0.2, -0.15) is 0 Å². The van der Waals surface area contributed by atoms with Gasteiger partial charge >= 0.3 is 6.03 Å². The Morgan fingerprint density at radius 1 is 0.974 bits per heavy atom. The van der Waals surface area contributed by atoms with Gasteiger partial charge < -0.3 is 9.47 Å². The summed E-state index contributed by atoms with van der Waals surface area (Å²) in [5.74, 6) is -0.395. The molecule has 0 unspecified atom stereocenters. The van der Waals surface area contributed by atoms with E-state index < -0.39 is 17.8 Å². The number of barbiturate groups is 1. The lowest BCUT2D eigenvalue weighted by Gasteiger charge is -2.27. The van der Waals surface area contributed by atoms with Crippen molar-refractivity contribution in [3.63, 3.8) is 0 Å². The van der Waals surface area contributed by atoms with E-state index in [4.69, 9.17) is 9.47 Å². The number of imide groups is 2. The number of carbonyl (C=O) groups is 3. The third-order valence-corrected chi connectivity index (χ3v) is 6.71. The standard InChI is InChI=1S/C31H29IN2O5/c1-5-7-23-15-22(17-27(38-6-2)28(23)39-18-21-8-10-24(32)11-9-21)16-26-29(35)33-31(37)34(30(26)36)25-13-19(3)12-20(4)14-25/h5,8-17H,1,6-7,18H2,2-4H3,(H,33,35,37)/b26-16+. The maximum absolute atomic E-state index is 13.4. The number of nitrogens with zero attached hydrogens (tertiary/aromatic N) is 1. The van der Waals surface area contributed by atoms with Crippen molar-refractivity contribution in [1.82, 2.24) is 5.32 Å². The van der Waals surface area contributed by atoms with Gasteiger partial charge in [0, 0.05) is 9.13 Å². The van der Waals surface area contributed by atoms with Gasteiger partial charge in [0.25, 0.3) is 11.8 Å². The molecule has 0 saturated carbocycles. The maximum Gasteiger partial charge on any atom is 0.335 e. The number of hydrogen-bond donors (Lipinski definition) is 1. The van der Waals surface area contributed by atoms with Crippen LogP contribution in [-0.4, -0.2) is 24.5 Å². The molecule has 39 heavy (non-hydrogen) atoms. The van der Waals surface area contributed by atoms with Crippen molar-refractivity contribution in [3.05, 3.63) is 104 Å². The second-order valence-corrected chi connectivity index (χ2v) is 10.4. The number of hydrogen-bond acceptors (Lipinski definition) is 5. The lowest BCUT2D eigenvalue weighted by atomic mass is 10.0. The minimum Gasteiger partial charge on any atom is -0.490 e. The third-order valence-electron chi connectivity index (χ3n) is 5.99. The van der Waals surface area contributed by atoms with E-state index in [0.717, 1.165) is 30.7 Å². The maximum atomic E-state index is 13.4. The van der Waals surface area contributed by atoms with Crippen LogP contribution in [0.2, 0.25) is 0 Å². The number of carbonyl (C=O) groups excluding carboxylic acids is 3. The van der Waals surface area contributed by atoms with Gasteiger partial charge in [0.05, 0.1) is 12.3 Å². The Labute approximate surface area is 241 Å². The predicted molar refractivity (Wildman–Crippen MR) is 160 cm³/mol. The minimum absolute atomic E-state index is 0.159. The molecule has 1 aliphatic rings. The molecule has 1 fully saturated rings. The van der Waals surface area contributed by atoms with Gasteiger partial charge in [-0.25, -0.2) is 9.69 Å². The predicted octanol–water partition coefficient (Wildman–Crippen LogP) is 6.28. The molecular formula is C31H29IN2O5. The molecule has 4 amide bonds.